The number of aromatic nitrogens is 4. The molecule has 5 rings (SSSR count). The van der Waals surface area contributed by atoms with Gasteiger partial charge in [0.15, 0.2) is 17.3 Å². The van der Waals surface area contributed by atoms with Crippen molar-refractivity contribution in [1.82, 2.24) is 24.8 Å². The maximum absolute atomic E-state index is 12.7. The molecule has 0 radical (unpaired) electrons. The highest BCUT2D eigenvalue weighted by molar-refractivity contribution is 5.47. The molecule has 0 aliphatic carbocycles. The maximum Gasteiger partial charge on any atom is 0.255 e. The average molecular weight is 405 g/mol. The van der Waals surface area contributed by atoms with Crippen LogP contribution in [0.25, 0.3) is 11.5 Å². The van der Waals surface area contributed by atoms with Crippen molar-refractivity contribution in [2.45, 2.75) is 26.3 Å². The Morgan fingerprint density at radius 3 is 3.00 bits per heavy atom. The van der Waals surface area contributed by atoms with Gasteiger partial charge in [-0.3, -0.25) is 14.7 Å². The lowest BCUT2D eigenvalue weighted by Gasteiger charge is -2.30. The number of ether oxygens (including phenoxy) is 2. The lowest BCUT2D eigenvalue weighted by molar-refractivity contribution is 0.174. The molecule has 2 aliphatic rings. The zero-order valence-electron chi connectivity index (χ0n) is 16.8. The van der Waals surface area contributed by atoms with Crippen LogP contribution in [-0.4, -0.2) is 44.7 Å². The van der Waals surface area contributed by atoms with Gasteiger partial charge in [0.1, 0.15) is 5.69 Å². The fraction of sp³-hybridized carbons (Fsp3) is 0.364. The molecule has 0 fully saturated rings. The number of aromatic amines is 1. The molecule has 154 valence electrons. The van der Waals surface area contributed by atoms with E-state index in [0.717, 1.165) is 48.7 Å². The van der Waals surface area contributed by atoms with Crippen LogP contribution < -0.4 is 15.0 Å². The summed E-state index contributed by atoms with van der Waals surface area (Å²) < 4.78 is 10.9. The first-order chi connectivity index (χ1) is 14.7. The molecule has 2 aromatic heterocycles. The topological polar surface area (TPSA) is 93.2 Å². The first-order valence-electron chi connectivity index (χ1n) is 10.1. The third-order valence-corrected chi connectivity index (χ3v) is 5.54. The van der Waals surface area contributed by atoms with E-state index in [-0.39, 0.29) is 5.56 Å². The van der Waals surface area contributed by atoms with Gasteiger partial charge in [-0.25, -0.2) is 9.97 Å². The summed E-state index contributed by atoms with van der Waals surface area (Å²) in [5.41, 5.74) is 3.34. The predicted molar refractivity (Wildman–Crippen MR) is 110 cm³/mol. The summed E-state index contributed by atoms with van der Waals surface area (Å²) in [7, 11) is 0. The first kappa shape index (κ1) is 18.7. The zero-order valence-corrected chi connectivity index (χ0v) is 16.8. The highest BCUT2D eigenvalue weighted by atomic mass is 16.7. The van der Waals surface area contributed by atoms with E-state index in [1.54, 1.807) is 18.6 Å². The molecule has 30 heavy (non-hydrogen) atoms. The minimum atomic E-state index is -0.0891. The minimum Gasteiger partial charge on any atom is -0.454 e. The van der Waals surface area contributed by atoms with Gasteiger partial charge in [-0.1, -0.05) is 13.0 Å². The molecule has 0 saturated carbocycles. The Bertz CT molecular complexity index is 1120. The Morgan fingerprint density at radius 2 is 2.13 bits per heavy atom. The van der Waals surface area contributed by atoms with Gasteiger partial charge in [0, 0.05) is 38.4 Å². The third kappa shape index (κ3) is 3.78. The second kappa shape index (κ2) is 7.87. The summed E-state index contributed by atoms with van der Waals surface area (Å²) in [5, 5.41) is 0. The van der Waals surface area contributed by atoms with Crippen molar-refractivity contribution in [3.63, 3.8) is 0 Å². The fourth-order valence-electron chi connectivity index (χ4n) is 4.16. The van der Waals surface area contributed by atoms with E-state index in [1.807, 2.05) is 6.07 Å². The highest BCUT2D eigenvalue weighted by Gasteiger charge is 2.23. The summed E-state index contributed by atoms with van der Waals surface area (Å²) in [5.74, 6) is 2.56. The van der Waals surface area contributed by atoms with E-state index in [1.165, 1.54) is 5.56 Å². The lowest BCUT2D eigenvalue weighted by atomic mass is 9.98. The number of benzene rings is 1. The van der Waals surface area contributed by atoms with Crippen LogP contribution in [0.3, 0.4) is 0 Å². The molecular weight excluding hydrogens is 382 g/mol. The highest BCUT2D eigenvalue weighted by Crippen LogP contribution is 2.33. The SMILES string of the molecule is CC(Cc1ccc2c(c1)OCO2)CN1CCc2nc(-c3cnccn3)[nH]c(=O)c2C1. The van der Waals surface area contributed by atoms with Crippen molar-refractivity contribution in [3.8, 4) is 23.0 Å². The molecule has 1 aromatic carbocycles. The summed E-state index contributed by atoms with van der Waals surface area (Å²) >= 11 is 0. The molecule has 3 aromatic rings. The number of H-pyrrole nitrogens is 1. The van der Waals surface area contributed by atoms with Crippen molar-refractivity contribution in [2.24, 2.45) is 5.92 Å². The Labute approximate surface area is 173 Å². The van der Waals surface area contributed by atoms with Gasteiger partial charge in [0.25, 0.3) is 5.56 Å². The van der Waals surface area contributed by atoms with Crippen molar-refractivity contribution in [2.75, 3.05) is 19.9 Å². The molecule has 1 unspecified atom stereocenters. The summed E-state index contributed by atoms with van der Waals surface area (Å²) in [6.45, 7) is 4.94. The minimum absolute atomic E-state index is 0.0891. The van der Waals surface area contributed by atoms with Gasteiger partial charge in [0.2, 0.25) is 6.79 Å². The van der Waals surface area contributed by atoms with E-state index < -0.39 is 0 Å². The summed E-state index contributed by atoms with van der Waals surface area (Å²) in [6, 6.07) is 6.13. The third-order valence-electron chi connectivity index (χ3n) is 5.54. The van der Waals surface area contributed by atoms with Crippen LogP contribution in [-0.2, 0) is 19.4 Å². The molecule has 1 atom stereocenters. The molecule has 4 heterocycles. The van der Waals surface area contributed by atoms with Crippen molar-refractivity contribution in [3.05, 3.63) is 64.0 Å². The smallest absolute Gasteiger partial charge is 0.255 e. The average Bonchev–Trinajstić information content (AvgIpc) is 3.22. The van der Waals surface area contributed by atoms with Gasteiger partial charge < -0.3 is 14.5 Å². The normalized spacial score (nSPS) is 16.3. The van der Waals surface area contributed by atoms with Crippen LogP contribution in [0.2, 0.25) is 0 Å². The fourth-order valence-corrected chi connectivity index (χ4v) is 4.16. The van der Waals surface area contributed by atoms with Crippen LogP contribution in [0.4, 0.5) is 0 Å². The Morgan fingerprint density at radius 1 is 1.23 bits per heavy atom. The van der Waals surface area contributed by atoms with Gasteiger partial charge in [-0.2, -0.15) is 0 Å². The van der Waals surface area contributed by atoms with E-state index in [0.29, 0.717) is 30.8 Å². The Kier molecular flexibility index (Phi) is 4.92. The van der Waals surface area contributed by atoms with Gasteiger partial charge in [-0.05, 0) is 30.0 Å². The maximum atomic E-state index is 12.7. The number of nitrogens with one attached hydrogen (secondary N) is 1. The van der Waals surface area contributed by atoms with Crippen LogP contribution in [0.5, 0.6) is 11.5 Å². The van der Waals surface area contributed by atoms with Gasteiger partial charge in [0.05, 0.1) is 17.5 Å². The number of rotatable bonds is 5. The standard InChI is InChI=1S/C22H23N5O3/c1-14(8-15-2-3-19-20(9-15)30-13-29-19)11-27-7-4-17-16(12-27)22(28)26-21(25-17)18-10-23-5-6-24-18/h2-3,5-6,9-10,14H,4,7-8,11-13H2,1H3,(H,25,26,28). The van der Waals surface area contributed by atoms with Crippen molar-refractivity contribution >= 4 is 0 Å². The molecule has 8 nitrogen and oxygen atoms in total. The molecule has 1 N–H and O–H groups in total. The Hall–Kier alpha value is -3.26. The van der Waals surface area contributed by atoms with E-state index >= 15 is 0 Å². The monoisotopic (exact) mass is 405 g/mol. The first-order valence-corrected chi connectivity index (χ1v) is 10.1. The lowest BCUT2D eigenvalue weighted by Crippen LogP contribution is -2.38. The molecular formula is C22H23N5O3. The van der Waals surface area contributed by atoms with Crippen molar-refractivity contribution in [1.29, 1.82) is 0 Å². The van der Waals surface area contributed by atoms with Gasteiger partial charge >= 0.3 is 0 Å². The van der Waals surface area contributed by atoms with Crippen LogP contribution in [0, 0.1) is 5.92 Å². The quantitative estimate of drug-likeness (QED) is 0.695. The van der Waals surface area contributed by atoms with Crippen LogP contribution >= 0.6 is 0 Å². The predicted octanol–water partition coefficient (Wildman–Crippen LogP) is 2.19. The van der Waals surface area contributed by atoms with E-state index in [2.05, 4.69) is 43.9 Å². The summed E-state index contributed by atoms with van der Waals surface area (Å²) in [6.07, 6.45) is 6.50. The number of hydrogen-bond acceptors (Lipinski definition) is 7. The van der Waals surface area contributed by atoms with E-state index in [4.69, 9.17) is 9.47 Å². The molecule has 0 bridgehead atoms. The second-order valence-electron chi connectivity index (χ2n) is 7.91. The molecule has 2 aliphatic heterocycles. The molecule has 0 spiro atoms. The molecule has 8 heteroatoms. The largest absolute Gasteiger partial charge is 0.454 e. The van der Waals surface area contributed by atoms with Crippen LogP contribution in [0.1, 0.15) is 23.7 Å². The number of hydrogen-bond donors (Lipinski definition) is 1. The van der Waals surface area contributed by atoms with E-state index in [9.17, 15) is 4.79 Å². The Balaban J connectivity index is 1.26. The zero-order chi connectivity index (χ0) is 20.5. The molecule has 0 amide bonds. The number of fused-ring (bicyclic) bond motifs is 2. The van der Waals surface area contributed by atoms with Gasteiger partial charge in [-0.15, -0.1) is 0 Å². The number of nitrogens with zero attached hydrogens (tertiary/aromatic N) is 4. The molecule has 0 saturated heterocycles. The van der Waals surface area contributed by atoms with Crippen molar-refractivity contribution < 1.29 is 9.47 Å². The summed E-state index contributed by atoms with van der Waals surface area (Å²) in [4.78, 5) is 30.8. The van der Waals surface area contributed by atoms with Crippen LogP contribution in [0.15, 0.2) is 41.6 Å². The second-order valence-corrected chi connectivity index (χ2v) is 7.91.